The number of ether oxygens (including phenoxy) is 2. The second-order valence-corrected chi connectivity index (χ2v) is 6.88. The minimum atomic E-state index is -0.478. The van der Waals surface area contributed by atoms with Crippen LogP contribution in [0.15, 0.2) is 48.5 Å². The lowest BCUT2D eigenvalue weighted by Gasteiger charge is -2.13. The predicted octanol–water partition coefficient (Wildman–Crippen LogP) is 4.36. The number of carbonyl (C=O) groups is 1. The first kappa shape index (κ1) is 21.9. The first-order valence-electron chi connectivity index (χ1n) is 9.39. The molecule has 0 aliphatic carbocycles. The van der Waals surface area contributed by atoms with Crippen molar-refractivity contribution in [3.8, 4) is 11.5 Å². The van der Waals surface area contributed by atoms with Crippen LogP contribution in [0.25, 0.3) is 6.08 Å². The zero-order chi connectivity index (χ0) is 21.2. The monoisotopic (exact) mass is 398 g/mol. The standard InChI is InChI=1S/C22H26N2O5/c1-16(2)12-13-29-20-10-8-17(14-21(20)28-3)15-23-22(25)11-9-18-6-4-5-7-19(18)24(26)27/h4-11,14,16H,12-13,15H2,1-3H3,(H,23,25). The summed E-state index contributed by atoms with van der Waals surface area (Å²) in [5.41, 5.74) is 1.18. The quantitative estimate of drug-likeness (QED) is 0.365. The summed E-state index contributed by atoms with van der Waals surface area (Å²) in [6.45, 7) is 5.18. The van der Waals surface area contributed by atoms with Crippen LogP contribution in [-0.4, -0.2) is 24.5 Å². The second kappa shape index (κ2) is 10.8. The molecule has 0 bridgehead atoms. The summed E-state index contributed by atoms with van der Waals surface area (Å²) in [5, 5.41) is 13.8. The van der Waals surface area contributed by atoms with Gasteiger partial charge in [0.15, 0.2) is 11.5 Å². The molecule has 0 aliphatic rings. The van der Waals surface area contributed by atoms with Crippen molar-refractivity contribution in [2.24, 2.45) is 5.92 Å². The molecular weight excluding hydrogens is 372 g/mol. The number of nitro benzene ring substituents is 1. The van der Waals surface area contributed by atoms with Crippen molar-refractivity contribution in [2.75, 3.05) is 13.7 Å². The number of hydrogen-bond acceptors (Lipinski definition) is 5. The maximum absolute atomic E-state index is 12.1. The van der Waals surface area contributed by atoms with E-state index >= 15 is 0 Å². The molecule has 7 nitrogen and oxygen atoms in total. The lowest BCUT2D eigenvalue weighted by molar-refractivity contribution is -0.385. The zero-order valence-corrected chi connectivity index (χ0v) is 16.9. The molecule has 0 aliphatic heterocycles. The third-order valence-corrected chi connectivity index (χ3v) is 4.20. The van der Waals surface area contributed by atoms with Crippen LogP contribution in [-0.2, 0) is 11.3 Å². The Kier molecular flexibility index (Phi) is 8.21. The summed E-state index contributed by atoms with van der Waals surface area (Å²) >= 11 is 0. The number of amides is 1. The van der Waals surface area contributed by atoms with Crippen LogP contribution in [0.1, 0.15) is 31.4 Å². The van der Waals surface area contributed by atoms with E-state index in [9.17, 15) is 14.9 Å². The molecule has 0 spiro atoms. The average molecular weight is 398 g/mol. The molecule has 29 heavy (non-hydrogen) atoms. The highest BCUT2D eigenvalue weighted by atomic mass is 16.6. The van der Waals surface area contributed by atoms with Crippen LogP contribution in [0.4, 0.5) is 5.69 Å². The third-order valence-electron chi connectivity index (χ3n) is 4.20. The topological polar surface area (TPSA) is 90.7 Å². The Hall–Kier alpha value is -3.35. The molecule has 1 amide bonds. The van der Waals surface area contributed by atoms with Gasteiger partial charge in [-0.1, -0.05) is 32.0 Å². The van der Waals surface area contributed by atoms with Crippen molar-refractivity contribution in [3.05, 3.63) is 69.8 Å². The SMILES string of the molecule is COc1cc(CNC(=O)C=Cc2ccccc2[N+](=O)[O-])ccc1OCCC(C)C. The summed E-state index contributed by atoms with van der Waals surface area (Å²) in [5.74, 6) is 1.48. The number of nitrogens with zero attached hydrogens (tertiary/aromatic N) is 1. The maximum Gasteiger partial charge on any atom is 0.276 e. The molecule has 2 rings (SSSR count). The van der Waals surface area contributed by atoms with E-state index in [1.807, 2.05) is 18.2 Å². The molecule has 0 saturated heterocycles. The van der Waals surface area contributed by atoms with Gasteiger partial charge in [-0.05, 0) is 42.2 Å². The summed E-state index contributed by atoms with van der Waals surface area (Å²) in [4.78, 5) is 22.6. The van der Waals surface area contributed by atoms with Gasteiger partial charge in [0.1, 0.15) is 0 Å². The highest BCUT2D eigenvalue weighted by molar-refractivity contribution is 5.92. The number of carbonyl (C=O) groups excluding carboxylic acids is 1. The molecule has 154 valence electrons. The molecule has 0 heterocycles. The molecular formula is C22H26N2O5. The predicted molar refractivity (Wildman–Crippen MR) is 112 cm³/mol. The molecule has 0 aromatic heterocycles. The van der Waals surface area contributed by atoms with Crippen LogP contribution in [0, 0.1) is 16.0 Å². The summed E-state index contributed by atoms with van der Waals surface area (Å²) in [7, 11) is 1.57. The Morgan fingerprint density at radius 3 is 2.66 bits per heavy atom. The largest absolute Gasteiger partial charge is 0.493 e. The van der Waals surface area contributed by atoms with E-state index in [2.05, 4.69) is 19.2 Å². The van der Waals surface area contributed by atoms with Crippen molar-refractivity contribution in [1.29, 1.82) is 0 Å². The van der Waals surface area contributed by atoms with Gasteiger partial charge < -0.3 is 14.8 Å². The van der Waals surface area contributed by atoms with Crippen molar-refractivity contribution in [1.82, 2.24) is 5.32 Å². The first-order valence-corrected chi connectivity index (χ1v) is 9.39. The van der Waals surface area contributed by atoms with Crippen LogP contribution >= 0.6 is 0 Å². The van der Waals surface area contributed by atoms with Crippen LogP contribution in [0.5, 0.6) is 11.5 Å². The smallest absolute Gasteiger partial charge is 0.276 e. The molecule has 2 aromatic rings. The molecule has 0 saturated carbocycles. The number of para-hydroxylation sites is 1. The number of nitro groups is 1. The molecule has 0 unspecified atom stereocenters. The fraction of sp³-hybridized carbons (Fsp3) is 0.318. The van der Waals surface area contributed by atoms with E-state index < -0.39 is 4.92 Å². The lowest BCUT2D eigenvalue weighted by Crippen LogP contribution is -2.20. The molecule has 1 N–H and O–H groups in total. The van der Waals surface area contributed by atoms with E-state index in [4.69, 9.17) is 9.47 Å². The fourth-order valence-corrected chi connectivity index (χ4v) is 2.55. The lowest BCUT2D eigenvalue weighted by atomic mass is 10.1. The van der Waals surface area contributed by atoms with E-state index in [0.717, 1.165) is 12.0 Å². The van der Waals surface area contributed by atoms with Gasteiger partial charge in [-0.25, -0.2) is 0 Å². The summed E-state index contributed by atoms with van der Waals surface area (Å²) in [6.07, 6.45) is 3.66. The average Bonchev–Trinajstić information content (AvgIpc) is 2.71. The zero-order valence-electron chi connectivity index (χ0n) is 16.9. The second-order valence-electron chi connectivity index (χ2n) is 6.88. The Balaban J connectivity index is 1.95. The van der Waals surface area contributed by atoms with Crippen molar-refractivity contribution < 1.29 is 19.2 Å². The van der Waals surface area contributed by atoms with E-state index in [0.29, 0.717) is 36.1 Å². The van der Waals surface area contributed by atoms with Gasteiger partial charge in [0, 0.05) is 18.7 Å². The number of benzene rings is 2. The molecule has 2 aromatic carbocycles. The molecule has 7 heteroatoms. The Morgan fingerprint density at radius 1 is 1.21 bits per heavy atom. The van der Waals surface area contributed by atoms with Crippen molar-refractivity contribution >= 4 is 17.7 Å². The number of hydrogen-bond donors (Lipinski definition) is 1. The fourth-order valence-electron chi connectivity index (χ4n) is 2.55. The summed E-state index contributed by atoms with van der Waals surface area (Å²) < 4.78 is 11.1. The van der Waals surface area contributed by atoms with Crippen LogP contribution in [0.3, 0.4) is 0 Å². The number of nitrogens with one attached hydrogen (secondary N) is 1. The van der Waals surface area contributed by atoms with Gasteiger partial charge in [0.2, 0.25) is 5.91 Å². The van der Waals surface area contributed by atoms with Gasteiger partial charge in [-0.2, -0.15) is 0 Å². The van der Waals surface area contributed by atoms with Gasteiger partial charge in [-0.3, -0.25) is 14.9 Å². The van der Waals surface area contributed by atoms with Crippen LogP contribution < -0.4 is 14.8 Å². The number of rotatable bonds is 10. The molecule has 0 atom stereocenters. The Bertz CT molecular complexity index is 877. The normalized spacial score (nSPS) is 10.9. The van der Waals surface area contributed by atoms with E-state index in [1.165, 1.54) is 18.2 Å². The van der Waals surface area contributed by atoms with E-state index in [1.54, 1.807) is 25.3 Å². The van der Waals surface area contributed by atoms with Crippen molar-refractivity contribution in [3.63, 3.8) is 0 Å². The highest BCUT2D eigenvalue weighted by Crippen LogP contribution is 2.28. The van der Waals surface area contributed by atoms with Gasteiger partial charge in [-0.15, -0.1) is 0 Å². The Labute approximate surface area is 170 Å². The van der Waals surface area contributed by atoms with Crippen LogP contribution in [0.2, 0.25) is 0 Å². The van der Waals surface area contributed by atoms with Gasteiger partial charge in [0.05, 0.1) is 24.2 Å². The maximum atomic E-state index is 12.1. The highest BCUT2D eigenvalue weighted by Gasteiger charge is 2.10. The van der Waals surface area contributed by atoms with Gasteiger partial charge in [0.25, 0.3) is 5.69 Å². The first-order chi connectivity index (χ1) is 13.9. The van der Waals surface area contributed by atoms with E-state index in [-0.39, 0.29) is 11.6 Å². The van der Waals surface area contributed by atoms with Crippen molar-refractivity contribution in [2.45, 2.75) is 26.8 Å². The minimum absolute atomic E-state index is 0.0469. The minimum Gasteiger partial charge on any atom is -0.493 e. The summed E-state index contributed by atoms with van der Waals surface area (Å²) in [6, 6.07) is 11.8. The third kappa shape index (κ3) is 6.95. The molecule has 0 radical (unpaired) electrons. The molecule has 0 fully saturated rings. The number of methoxy groups -OCH3 is 1. The van der Waals surface area contributed by atoms with Gasteiger partial charge >= 0.3 is 0 Å². The Morgan fingerprint density at radius 2 is 1.97 bits per heavy atom.